The van der Waals surface area contributed by atoms with E-state index >= 15 is 0 Å². The van der Waals surface area contributed by atoms with Crippen LogP contribution < -0.4 is 0 Å². The maximum Gasteiger partial charge on any atom is 0.0726 e. The average molecular weight is 152 g/mol. The number of allylic oxidation sites excluding steroid dienone is 3. The minimum Gasteiger partial charge on any atom is -0.389 e. The molecule has 0 aromatic rings. The van der Waals surface area contributed by atoms with Crippen LogP contribution in [0.15, 0.2) is 23.8 Å². The summed E-state index contributed by atoms with van der Waals surface area (Å²) in [5, 5.41) is 9.31. The zero-order valence-electron chi connectivity index (χ0n) is 7.25. The molecule has 11 heavy (non-hydrogen) atoms. The van der Waals surface area contributed by atoms with E-state index in [4.69, 9.17) is 0 Å². The summed E-state index contributed by atoms with van der Waals surface area (Å²) in [7, 11) is 0. The molecule has 0 aromatic heterocycles. The Morgan fingerprint density at radius 2 is 2.36 bits per heavy atom. The Hall–Kier alpha value is -0.560. The zero-order chi connectivity index (χ0) is 8.27. The Balaban J connectivity index is 2.56. The van der Waals surface area contributed by atoms with Crippen molar-refractivity contribution in [3.63, 3.8) is 0 Å². The summed E-state index contributed by atoms with van der Waals surface area (Å²) in [6, 6.07) is 0. The second kappa shape index (κ2) is 3.72. The van der Waals surface area contributed by atoms with Crippen molar-refractivity contribution >= 4 is 0 Å². The van der Waals surface area contributed by atoms with Gasteiger partial charge in [0.2, 0.25) is 0 Å². The molecule has 0 bridgehead atoms. The van der Waals surface area contributed by atoms with Gasteiger partial charge in [-0.05, 0) is 32.6 Å². The Bertz CT molecular complexity index is 179. The fourth-order valence-corrected chi connectivity index (χ4v) is 1.47. The van der Waals surface area contributed by atoms with E-state index in [0.717, 1.165) is 12.8 Å². The Morgan fingerprint density at radius 1 is 1.64 bits per heavy atom. The molecule has 2 atom stereocenters. The maximum atomic E-state index is 9.31. The quantitative estimate of drug-likeness (QED) is 0.571. The van der Waals surface area contributed by atoms with Crippen LogP contribution in [0.2, 0.25) is 0 Å². The standard InChI is InChI=1S/C10H16O/c1-3-8(2)9-5-4-6-10(11)7-9/h3-4,6,9-11H,5,7H2,1-2H3. The van der Waals surface area contributed by atoms with Gasteiger partial charge in [0.25, 0.3) is 0 Å². The summed E-state index contributed by atoms with van der Waals surface area (Å²) in [6.45, 7) is 4.19. The van der Waals surface area contributed by atoms with Gasteiger partial charge in [-0.2, -0.15) is 0 Å². The van der Waals surface area contributed by atoms with Crippen LogP contribution in [0.5, 0.6) is 0 Å². The predicted molar refractivity (Wildman–Crippen MR) is 47.3 cm³/mol. The zero-order valence-corrected chi connectivity index (χ0v) is 7.25. The molecule has 0 fully saturated rings. The Morgan fingerprint density at radius 3 is 2.91 bits per heavy atom. The van der Waals surface area contributed by atoms with Crippen molar-refractivity contribution in [3.8, 4) is 0 Å². The number of aliphatic hydroxyl groups is 1. The van der Waals surface area contributed by atoms with Crippen LogP contribution in [-0.2, 0) is 0 Å². The second-order valence-electron chi connectivity index (χ2n) is 3.20. The molecule has 1 nitrogen and oxygen atoms in total. The monoisotopic (exact) mass is 152 g/mol. The summed E-state index contributed by atoms with van der Waals surface area (Å²) in [5.41, 5.74) is 1.40. The van der Waals surface area contributed by atoms with Gasteiger partial charge in [0.15, 0.2) is 0 Å². The molecular weight excluding hydrogens is 136 g/mol. The lowest BCUT2D eigenvalue weighted by Crippen LogP contribution is -2.15. The lowest BCUT2D eigenvalue weighted by Gasteiger charge is -2.21. The summed E-state index contributed by atoms with van der Waals surface area (Å²) < 4.78 is 0. The summed E-state index contributed by atoms with van der Waals surface area (Å²) in [6.07, 6.45) is 7.87. The van der Waals surface area contributed by atoms with E-state index in [2.05, 4.69) is 26.0 Å². The first-order valence-electron chi connectivity index (χ1n) is 4.21. The highest BCUT2D eigenvalue weighted by atomic mass is 16.3. The SMILES string of the molecule is CC=C(C)C1CC=CC(O)C1. The predicted octanol–water partition coefficient (Wildman–Crippen LogP) is 2.28. The minimum atomic E-state index is -0.219. The van der Waals surface area contributed by atoms with Gasteiger partial charge in [-0.25, -0.2) is 0 Å². The van der Waals surface area contributed by atoms with Crippen LogP contribution in [0, 0.1) is 5.92 Å². The van der Waals surface area contributed by atoms with Crippen LogP contribution >= 0.6 is 0 Å². The third-order valence-corrected chi connectivity index (χ3v) is 2.40. The minimum absolute atomic E-state index is 0.219. The normalized spacial score (nSPS) is 32.5. The summed E-state index contributed by atoms with van der Waals surface area (Å²) in [5.74, 6) is 0.569. The van der Waals surface area contributed by atoms with Crippen molar-refractivity contribution < 1.29 is 5.11 Å². The second-order valence-corrected chi connectivity index (χ2v) is 3.20. The van der Waals surface area contributed by atoms with E-state index in [1.165, 1.54) is 5.57 Å². The van der Waals surface area contributed by atoms with Crippen molar-refractivity contribution in [2.75, 3.05) is 0 Å². The molecule has 0 spiro atoms. The van der Waals surface area contributed by atoms with Crippen LogP contribution in [0.25, 0.3) is 0 Å². The lowest BCUT2D eigenvalue weighted by atomic mass is 9.87. The number of hydrogen-bond acceptors (Lipinski definition) is 1. The average Bonchev–Trinajstić information content (AvgIpc) is 2.03. The van der Waals surface area contributed by atoms with Crippen LogP contribution in [0.3, 0.4) is 0 Å². The number of hydrogen-bond donors (Lipinski definition) is 1. The first-order valence-corrected chi connectivity index (χ1v) is 4.21. The smallest absolute Gasteiger partial charge is 0.0726 e. The van der Waals surface area contributed by atoms with Crippen molar-refractivity contribution in [2.45, 2.75) is 32.8 Å². The highest BCUT2D eigenvalue weighted by Gasteiger charge is 2.16. The highest BCUT2D eigenvalue weighted by molar-refractivity contribution is 5.09. The highest BCUT2D eigenvalue weighted by Crippen LogP contribution is 2.25. The molecule has 2 unspecified atom stereocenters. The largest absolute Gasteiger partial charge is 0.389 e. The van der Waals surface area contributed by atoms with Gasteiger partial charge in [0.1, 0.15) is 0 Å². The molecule has 0 heterocycles. The third-order valence-electron chi connectivity index (χ3n) is 2.40. The van der Waals surface area contributed by atoms with E-state index in [1.807, 2.05) is 6.08 Å². The van der Waals surface area contributed by atoms with Gasteiger partial charge in [0, 0.05) is 0 Å². The van der Waals surface area contributed by atoms with E-state index in [9.17, 15) is 5.11 Å². The van der Waals surface area contributed by atoms with Gasteiger partial charge in [0.05, 0.1) is 6.10 Å². The fraction of sp³-hybridized carbons (Fsp3) is 0.600. The number of aliphatic hydroxyl groups excluding tert-OH is 1. The van der Waals surface area contributed by atoms with Gasteiger partial charge in [-0.15, -0.1) is 0 Å². The van der Waals surface area contributed by atoms with Gasteiger partial charge in [-0.1, -0.05) is 23.8 Å². The van der Waals surface area contributed by atoms with Crippen molar-refractivity contribution in [2.24, 2.45) is 5.92 Å². The summed E-state index contributed by atoms with van der Waals surface area (Å²) >= 11 is 0. The molecule has 62 valence electrons. The first-order chi connectivity index (χ1) is 5.24. The maximum absolute atomic E-state index is 9.31. The van der Waals surface area contributed by atoms with E-state index in [1.54, 1.807) is 0 Å². The lowest BCUT2D eigenvalue weighted by molar-refractivity contribution is 0.187. The number of rotatable bonds is 1. The van der Waals surface area contributed by atoms with Crippen LogP contribution in [0.4, 0.5) is 0 Å². The van der Waals surface area contributed by atoms with Crippen molar-refractivity contribution in [1.29, 1.82) is 0 Å². The molecule has 0 amide bonds. The van der Waals surface area contributed by atoms with Crippen LogP contribution in [-0.4, -0.2) is 11.2 Å². The Labute approximate surface area is 68.4 Å². The molecule has 0 aliphatic heterocycles. The first kappa shape index (κ1) is 8.54. The molecular formula is C10H16O. The Kier molecular flexibility index (Phi) is 2.89. The van der Waals surface area contributed by atoms with Crippen molar-refractivity contribution in [1.82, 2.24) is 0 Å². The van der Waals surface area contributed by atoms with Crippen molar-refractivity contribution in [3.05, 3.63) is 23.8 Å². The van der Waals surface area contributed by atoms with E-state index < -0.39 is 0 Å². The topological polar surface area (TPSA) is 20.2 Å². The molecule has 0 aromatic carbocycles. The van der Waals surface area contributed by atoms with Gasteiger partial charge >= 0.3 is 0 Å². The molecule has 0 saturated carbocycles. The molecule has 1 heteroatoms. The van der Waals surface area contributed by atoms with Gasteiger partial charge < -0.3 is 5.11 Å². The molecule has 0 saturated heterocycles. The van der Waals surface area contributed by atoms with E-state index in [0.29, 0.717) is 5.92 Å². The van der Waals surface area contributed by atoms with Gasteiger partial charge in [-0.3, -0.25) is 0 Å². The van der Waals surface area contributed by atoms with E-state index in [-0.39, 0.29) is 6.10 Å². The molecule has 1 aliphatic rings. The molecule has 1 N–H and O–H groups in total. The molecule has 1 aliphatic carbocycles. The summed E-state index contributed by atoms with van der Waals surface area (Å²) in [4.78, 5) is 0. The molecule has 1 rings (SSSR count). The third kappa shape index (κ3) is 2.19. The molecule has 0 radical (unpaired) electrons. The fourth-order valence-electron chi connectivity index (χ4n) is 1.47. The van der Waals surface area contributed by atoms with Crippen LogP contribution in [0.1, 0.15) is 26.7 Å².